The molecule has 2 aromatic heterocycles. The topological polar surface area (TPSA) is 77.7 Å². The van der Waals surface area contributed by atoms with Gasteiger partial charge in [0.1, 0.15) is 16.6 Å². The van der Waals surface area contributed by atoms with Crippen LogP contribution in [0.5, 0.6) is 0 Å². The molecule has 1 unspecified atom stereocenters. The van der Waals surface area contributed by atoms with E-state index < -0.39 is 0 Å². The summed E-state index contributed by atoms with van der Waals surface area (Å²) in [6, 6.07) is 4.13. The molecule has 0 spiro atoms. The lowest BCUT2D eigenvalue weighted by Crippen LogP contribution is -2.42. The summed E-state index contributed by atoms with van der Waals surface area (Å²) in [4.78, 5) is 10.7. The van der Waals surface area contributed by atoms with E-state index in [0.717, 1.165) is 36.9 Å². The molecule has 0 aliphatic carbocycles. The first-order valence-corrected chi connectivity index (χ1v) is 7.77. The maximum absolute atomic E-state index is 9.11. The lowest BCUT2D eigenvalue weighted by atomic mass is 10.1. The highest BCUT2D eigenvalue weighted by Gasteiger charge is 2.23. The lowest BCUT2D eigenvalue weighted by Gasteiger charge is -2.33. The second-order valence-corrected chi connectivity index (χ2v) is 5.90. The van der Waals surface area contributed by atoms with E-state index in [4.69, 9.17) is 16.9 Å². The zero-order chi connectivity index (χ0) is 14.7. The van der Waals surface area contributed by atoms with E-state index in [0.29, 0.717) is 5.56 Å². The number of nitrogens with one attached hydrogen (secondary N) is 1. The van der Waals surface area contributed by atoms with Gasteiger partial charge in [0.15, 0.2) is 5.15 Å². The first-order valence-electron chi connectivity index (χ1n) is 6.61. The Morgan fingerprint density at radius 1 is 1.43 bits per heavy atom. The van der Waals surface area contributed by atoms with Crippen LogP contribution in [-0.4, -0.2) is 33.5 Å². The molecule has 1 aliphatic heterocycles. The summed E-state index contributed by atoms with van der Waals surface area (Å²) in [5, 5.41) is 13.5. The van der Waals surface area contributed by atoms with E-state index in [1.54, 1.807) is 12.4 Å². The molecule has 1 aliphatic rings. The predicted octanol–water partition coefficient (Wildman–Crippen LogP) is 2.54. The first-order chi connectivity index (χ1) is 10.3. The fraction of sp³-hybridized carbons (Fsp3) is 0.385. The van der Waals surface area contributed by atoms with Crippen molar-refractivity contribution < 1.29 is 0 Å². The molecular formula is C13H13ClN6S. The van der Waals surface area contributed by atoms with Crippen LogP contribution in [0.2, 0.25) is 5.15 Å². The number of nitrogens with zero attached hydrogens (tertiary/aromatic N) is 5. The molecule has 2 aromatic rings. The predicted molar refractivity (Wildman–Crippen MR) is 82.7 cm³/mol. The quantitative estimate of drug-likeness (QED) is 0.936. The number of halogens is 1. The van der Waals surface area contributed by atoms with Crippen molar-refractivity contribution in [3.05, 3.63) is 29.2 Å². The van der Waals surface area contributed by atoms with Crippen LogP contribution < -0.4 is 10.2 Å². The average molecular weight is 321 g/mol. The third kappa shape index (κ3) is 3.06. The van der Waals surface area contributed by atoms with Crippen LogP contribution in [0.15, 0.2) is 18.5 Å². The maximum atomic E-state index is 9.11. The molecule has 0 radical (unpaired) electrons. The summed E-state index contributed by atoms with van der Waals surface area (Å²) in [6.07, 6.45) is 5.57. The molecule has 1 N–H and O–H groups in total. The standard InChI is InChI=1S/C13H13ClN6S/c14-11-10(7-15)12(21-19-11)18-9-3-1-6-20(8-9)13-16-4-2-5-17-13/h2,4-5,9,18H,1,3,6,8H2. The van der Waals surface area contributed by atoms with Crippen LogP contribution in [0.4, 0.5) is 10.9 Å². The van der Waals surface area contributed by atoms with Gasteiger partial charge in [0.05, 0.1) is 0 Å². The van der Waals surface area contributed by atoms with Crippen molar-refractivity contribution in [2.24, 2.45) is 0 Å². The number of rotatable bonds is 3. The van der Waals surface area contributed by atoms with Gasteiger partial charge in [0.2, 0.25) is 5.95 Å². The summed E-state index contributed by atoms with van der Waals surface area (Å²) in [7, 11) is 0. The molecule has 108 valence electrons. The molecule has 0 amide bonds. The van der Waals surface area contributed by atoms with Gasteiger partial charge in [-0.15, -0.1) is 0 Å². The first kappa shape index (κ1) is 14.0. The van der Waals surface area contributed by atoms with Gasteiger partial charge in [-0.3, -0.25) is 0 Å². The molecule has 8 heteroatoms. The van der Waals surface area contributed by atoms with Crippen molar-refractivity contribution in [1.82, 2.24) is 14.3 Å². The Bertz CT molecular complexity index is 652. The van der Waals surface area contributed by atoms with Gasteiger partial charge in [0.25, 0.3) is 0 Å². The molecule has 3 heterocycles. The number of piperidine rings is 1. The number of hydrogen-bond acceptors (Lipinski definition) is 7. The number of hydrogen-bond donors (Lipinski definition) is 1. The van der Waals surface area contributed by atoms with Crippen molar-refractivity contribution >= 4 is 34.1 Å². The minimum absolute atomic E-state index is 0.228. The van der Waals surface area contributed by atoms with Crippen molar-refractivity contribution in [3.63, 3.8) is 0 Å². The van der Waals surface area contributed by atoms with E-state index >= 15 is 0 Å². The van der Waals surface area contributed by atoms with Crippen molar-refractivity contribution in [1.29, 1.82) is 5.26 Å². The Balaban J connectivity index is 1.71. The molecule has 6 nitrogen and oxygen atoms in total. The van der Waals surface area contributed by atoms with Crippen LogP contribution in [0, 0.1) is 11.3 Å². The van der Waals surface area contributed by atoms with E-state index in [9.17, 15) is 0 Å². The van der Waals surface area contributed by atoms with Gasteiger partial charge in [-0.05, 0) is 30.4 Å². The zero-order valence-corrected chi connectivity index (χ0v) is 12.7. The largest absolute Gasteiger partial charge is 0.370 e. The van der Waals surface area contributed by atoms with E-state index in [1.807, 2.05) is 6.07 Å². The Hall–Kier alpha value is -1.91. The van der Waals surface area contributed by atoms with Crippen LogP contribution in [0.3, 0.4) is 0 Å². The van der Waals surface area contributed by atoms with Gasteiger partial charge >= 0.3 is 0 Å². The summed E-state index contributed by atoms with van der Waals surface area (Å²) in [5.74, 6) is 0.742. The highest BCUT2D eigenvalue weighted by atomic mass is 35.5. The minimum atomic E-state index is 0.228. The van der Waals surface area contributed by atoms with Crippen LogP contribution in [-0.2, 0) is 0 Å². The summed E-state index contributed by atoms with van der Waals surface area (Å²) < 4.78 is 4.01. The SMILES string of the molecule is N#Cc1c(Cl)nsc1NC1CCCN(c2ncccn2)C1. The van der Waals surface area contributed by atoms with Gasteiger partial charge in [-0.25, -0.2) is 9.97 Å². The monoisotopic (exact) mass is 320 g/mol. The average Bonchev–Trinajstić information content (AvgIpc) is 2.88. The Morgan fingerprint density at radius 3 is 3.00 bits per heavy atom. The third-order valence-electron chi connectivity index (χ3n) is 3.35. The molecular weight excluding hydrogens is 308 g/mol. The number of anilines is 2. The Kier molecular flexibility index (Phi) is 4.18. The third-order valence-corrected chi connectivity index (χ3v) is 4.51. The smallest absolute Gasteiger partial charge is 0.225 e. The highest BCUT2D eigenvalue weighted by Crippen LogP contribution is 2.29. The second-order valence-electron chi connectivity index (χ2n) is 4.77. The Morgan fingerprint density at radius 2 is 2.24 bits per heavy atom. The van der Waals surface area contributed by atoms with Crippen LogP contribution in [0.1, 0.15) is 18.4 Å². The van der Waals surface area contributed by atoms with E-state index in [2.05, 4.69) is 30.6 Å². The van der Waals surface area contributed by atoms with Gasteiger partial charge in [0, 0.05) is 31.5 Å². The molecule has 0 aromatic carbocycles. The minimum Gasteiger partial charge on any atom is -0.370 e. The van der Waals surface area contributed by atoms with Gasteiger partial charge < -0.3 is 10.2 Å². The number of aromatic nitrogens is 3. The molecule has 0 bridgehead atoms. The normalized spacial score (nSPS) is 18.3. The summed E-state index contributed by atoms with van der Waals surface area (Å²) >= 11 is 7.12. The summed E-state index contributed by atoms with van der Waals surface area (Å²) in [6.45, 7) is 1.74. The van der Waals surface area contributed by atoms with Crippen LogP contribution >= 0.6 is 23.1 Å². The molecule has 21 heavy (non-hydrogen) atoms. The highest BCUT2D eigenvalue weighted by molar-refractivity contribution is 7.10. The second kappa shape index (κ2) is 6.24. The molecule has 0 saturated carbocycles. The van der Waals surface area contributed by atoms with Crippen molar-refractivity contribution in [3.8, 4) is 6.07 Å². The van der Waals surface area contributed by atoms with Crippen LogP contribution in [0.25, 0.3) is 0 Å². The molecule has 1 saturated heterocycles. The van der Waals surface area contributed by atoms with Crippen molar-refractivity contribution in [2.75, 3.05) is 23.3 Å². The van der Waals surface area contributed by atoms with E-state index in [-0.39, 0.29) is 11.2 Å². The maximum Gasteiger partial charge on any atom is 0.225 e. The fourth-order valence-corrected chi connectivity index (χ4v) is 3.39. The van der Waals surface area contributed by atoms with E-state index in [1.165, 1.54) is 11.5 Å². The van der Waals surface area contributed by atoms with Gasteiger partial charge in [-0.2, -0.15) is 9.64 Å². The zero-order valence-electron chi connectivity index (χ0n) is 11.2. The fourth-order valence-electron chi connectivity index (χ4n) is 2.38. The molecule has 3 rings (SSSR count). The van der Waals surface area contributed by atoms with Gasteiger partial charge in [-0.1, -0.05) is 11.6 Å². The molecule has 1 fully saturated rings. The Labute approximate surface area is 131 Å². The van der Waals surface area contributed by atoms with Crippen molar-refractivity contribution in [2.45, 2.75) is 18.9 Å². The summed E-state index contributed by atoms with van der Waals surface area (Å²) in [5.41, 5.74) is 0.426. The molecule has 1 atom stereocenters. The lowest BCUT2D eigenvalue weighted by molar-refractivity contribution is 0.523. The number of nitriles is 1.